The number of fused-ring (bicyclic) bond motifs is 1. The molecule has 0 saturated carbocycles. The highest BCUT2D eigenvalue weighted by atomic mass is 16.2. The average Bonchev–Trinajstić information content (AvgIpc) is 2.38. The molecule has 1 aromatic carbocycles. The molecule has 1 fully saturated rings. The maximum absolute atomic E-state index is 11.9. The highest BCUT2D eigenvalue weighted by molar-refractivity contribution is 6.09. The summed E-state index contributed by atoms with van der Waals surface area (Å²) in [5.74, 6) is -0.274. The smallest absolute Gasteiger partial charge is 0.328 e. The van der Waals surface area contributed by atoms with Crippen molar-refractivity contribution in [1.29, 1.82) is 0 Å². The van der Waals surface area contributed by atoms with Gasteiger partial charge in [0.1, 0.15) is 6.33 Å². The van der Waals surface area contributed by atoms with Gasteiger partial charge in [0.05, 0.1) is 11.2 Å². The topological polar surface area (TPSA) is 101 Å². The van der Waals surface area contributed by atoms with Crippen LogP contribution in [0.15, 0.2) is 24.7 Å². The Morgan fingerprint density at radius 2 is 2.16 bits per heavy atom. The lowest BCUT2D eigenvalue weighted by molar-refractivity contribution is -0.120. The summed E-state index contributed by atoms with van der Waals surface area (Å²) >= 11 is 0. The van der Waals surface area contributed by atoms with E-state index in [-0.39, 0.29) is 12.3 Å². The molecule has 0 radical (unpaired) electrons. The third-order valence-corrected chi connectivity index (χ3v) is 2.95. The number of hydrogen-bond donors (Lipinski definition) is 2. The number of carbonyl (C=O) groups excluding carboxylic acids is 2. The summed E-state index contributed by atoms with van der Waals surface area (Å²) < 4.78 is 0. The largest absolute Gasteiger partial charge is 0.399 e. The van der Waals surface area contributed by atoms with E-state index in [1.807, 2.05) is 0 Å². The molecule has 0 spiro atoms. The number of nitrogen functional groups attached to an aromatic ring is 1. The Labute approximate surface area is 108 Å². The van der Waals surface area contributed by atoms with Gasteiger partial charge in [-0.1, -0.05) is 0 Å². The predicted molar refractivity (Wildman–Crippen MR) is 69.5 cm³/mol. The molecule has 3 N–H and O–H groups in total. The number of imide groups is 1. The molecule has 7 heteroatoms. The molecular formula is C12H11N5O2. The predicted octanol–water partition coefficient (Wildman–Crippen LogP) is 0.658. The molecule has 2 aromatic rings. The van der Waals surface area contributed by atoms with Gasteiger partial charge in [-0.3, -0.25) is 15.0 Å². The van der Waals surface area contributed by atoms with Crippen LogP contribution in [0.5, 0.6) is 0 Å². The number of urea groups is 1. The second-order valence-corrected chi connectivity index (χ2v) is 4.26. The Morgan fingerprint density at radius 3 is 2.95 bits per heavy atom. The van der Waals surface area contributed by atoms with Gasteiger partial charge >= 0.3 is 6.03 Å². The zero-order chi connectivity index (χ0) is 13.4. The highest BCUT2D eigenvalue weighted by Gasteiger charge is 2.26. The van der Waals surface area contributed by atoms with Crippen LogP contribution >= 0.6 is 0 Å². The summed E-state index contributed by atoms with van der Waals surface area (Å²) in [7, 11) is 0. The first-order valence-electron chi connectivity index (χ1n) is 5.76. The third-order valence-electron chi connectivity index (χ3n) is 2.95. The molecule has 1 aliphatic heterocycles. The number of nitrogens with one attached hydrogen (secondary N) is 1. The van der Waals surface area contributed by atoms with Gasteiger partial charge in [-0.15, -0.1) is 0 Å². The molecule has 3 rings (SSSR count). The number of carbonyl (C=O) groups is 2. The minimum atomic E-state index is -0.457. The molecule has 1 saturated heterocycles. The maximum atomic E-state index is 11.9. The van der Waals surface area contributed by atoms with Crippen LogP contribution in [-0.4, -0.2) is 28.5 Å². The molecule has 0 atom stereocenters. The van der Waals surface area contributed by atoms with Gasteiger partial charge in [0.15, 0.2) is 0 Å². The standard InChI is InChI=1S/C12H11N5O2/c13-8-3-7-5-14-6-15-11(7)9(4-8)17-2-1-10(18)16-12(17)19/h3-6H,1-2,13H2,(H,16,18,19). The van der Waals surface area contributed by atoms with E-state index < -0.39 is 6.03 Å². The normalized spacial score (nSPS) is 15.7. The fraction of sp³-hybridized carbons (Fsp3) is 0.167. The molecule has 0 unspecified atom stereocenters. The van der Waals surface area contributed by atoms with Crippen LogP contribution < -0.4 is 16.0 Å². The van der Waals surface area contributed by atoms with E-state index in [2.05, 4.69) is 15.3 Å². The number of hydrogen-bond acceptors (Lipinski definition) is 5. The highest BCUT2D eigenvalue weighted by Crippen LogP contribution is 2.28. The van der Waals surface area contributed by atoms with Gasteiger partial charge in [0.2, 0.25) is 5.91 Å². The average molecular weight is 257 g/mol. The van der Waals surface area contributed by atoms with Crippen LogP contribution in [0.3, 0.4) is 0 Å². The first-order valence-corrected chi connectivity index (χ1v) is 5.76. The number of aromatic nitrogens is 2. The molecule has 1 aliphatic rings. The molecule has 7 nitrogen and oxygen atoms in total. The Morgan fingerprint density at radius 1 is 1.32 bits per heavy atom. The van der Waals surface area contributed by atoms with Crippen molar-refractivity contribution in [3.05, 3.63) is 24.7 Å². The zero-order valence-electron chi connectivity index (χ0n) is 9.96. The summed E-state index contributed by atoms with van der Waals surface area (Å²) in [5.41, 5.74) is 7.56. The van der Waals surface area contributed by atoms with Gasteiger partial charge in [-0.05, 0) is 12.1 Å². The lowest BCUT2D eigenvalue weighted by Gasteiger charge is -2.27. The van der Waals surface area contributed by atoms with E-state index in [0.717, 1.165) is 5.39 Å². The van der Waals surface area contributed by atoms with Gasteiger partial charge < -0.3 is 5.73 Å². The van der Waals surface area contributed by atoms with Crippen molar-refractivity contribution in [2.45, 2.75) is 6.42 Å². The molecule has 0 bridgehead atoms. The molecule has 19 heavy (non-hydrogen) atoms. The Bertz CT molecular complexity index is 685. The zero-order valence-corrected chi connectivity index (χ0v) is 9.96. The van der Waals surface area contributed by atoms with E-state index in [0.29, 0.717) is 23.4 Å². The summed E-state index contributed by atoms with van der Waals surface area (Å²) in [5, 5.41) is 3.03. The second-order valence-electron chi connectivity index (χ2n) is 4.26. The van der Waals surface area contributed by atoms with Crippen LogP contribution in [0.4, 0.5) is 16.2 Å². The summed E-state index contributed by atoms with van der Waals surface area (Å²) in [6, 6.07) is 2.96. The summed E-state index contributed by atoms with van der Waals surface area (Å²) in [6.07, 6.45) is 3.30. The first kappa shape index (κ1) is 11.4. The van der Waals surface area contributed by atoms with Gasteiger partial charge in [0.25, 0.3) is 0 Å². The van der Waals surface area contributed by atoms with Crippen LogP contribution in [0.1, 0.15) is 6.42 Å². The molecule has 1 aromatic heterocycles. The molecule has 0 aliphatic carbocycles. The van der Waals surface area contributed by atoms with Crippen LogP contribution in [-0.2, 0) is 4.79 Å². The number of amides is 3. The molecule has 96 valence electrons. The van der Waals surface area contributed by atoms with Crippen molar-refractivity contribution in [2.24, 2.45) is 0 Å². The molecule has 2 heterocycles. The van der Waals surface area contributed by atoms with E-state index in [4.69, 9.17) is 5.73 Å². The van der Waals surface area contributed by atoms with Crippen LogP contribution in [0.25, 0.3) is 10.9 Å². The number of nitrogens with two attached hydrogens (primary N) is 1. The monoisotopic (exact) mass is 257 g/mol. The van der Waals surface area contributed by atoms with Crippen LogP contribution in [0.2, 0.25) is 0 Å². The third kappa shape index (κ3) is 1.95. The molecular weight excluding hydrogens is 246 g/mol. The van der Waals surface area contributed by atoms with Crippen molar-refractivity contribution in [3.8, 4) is 0 Å². The SMILES string of the molecule is Nc1cc(N2CCC(=O)NC2=O)c2ncncc2c1. The lowest BCUT2D eigenvalue weighted by Crippen LogP contribution is -2.49. The number of benzene rings is 1. The van der Waals surface area contributed by atoms with Crippen LogP contribution in [0, 0.1) is 0 Å². The Hall–Kier alpha value is -2.70. The maximum Gasteiger partial charge on any atom is 0.328 e. The van der Waals surface area contributed by atoms with Crippen molar-refractivity contribution >= 4 is 34.2 Å². The Balaban J connectivity index is 2.14. The fourth-order valence-electron chi connectivity index (χ4n) is 2.11. The van der Waals surface area contributed by atoms with E-state index in [1.165, 1.54) is 11.2 Å². The fourth-order valence-corrected chi connectivity index (χ4v) is 2.11. The number of rotatable bonds is 1. The van der Waals surface area contributed by atoms with Crippen molar-refractivity contribution < 1.29 is 9.59 Å². The van der Waals surface area contributed by atoms with Gasteiger partial charge in [0, 0.05) is 30.2 Å². The van der Waals surface area contributed by atoms with E-state index >= 15 is 0 Å². The van der Waals surface area contributed by atoms with E-state index in [1.54, 1.807) is 18.3 Å². The number of anilines is 2. The lowest BCUT2D eigenvalue weighted by atomic mass is 10.1. The van der Waals surface area contributed by atoms with Crippen molar-refractivity contribution in [2.75, 3.05) is 17.2 Å². The minimum absolute atomic E-state index is 0.257. The van der Waals surface area contributed by atoms with Gasteiger partial charge in [-0.2, -0.15) is 0 Å². The number of nitrogens with zero attached hydrogens (tertiary/aromatic N) is 3. The summed E-state index contributed by atoms with van der Waals surface area (Å²) in [4.78, 5) is 32.6. The second kappa shape index (κ2) is 4.20. The van der Waals surface area contributed by atoms with Crippen molar-refractivity contribution in [3.63, 3.8) is 0 Å². The van der Waals surface area contributed by atoms with E-state index in [9.17, 15) is 9.59 Å². The quantitative estimate of drug-likeness (QED) is 0.731. The summed E-state index contributed by atoms with van der Waals surface area (Å²) in [6.45, 7) is 0.313. The van der Waals surface area contributed by atoms with Crippen molar-refractivity contribution in [1.82, 2.24) is 15.3 Å². The Kier molecular flexibility index (Phi) is 2.52. The molecule has 3 amide bonds. The minimum Gasteiger partial charge on any atom is -0.399 e. The first-order chi connectivity index (χ1) is 9.15. The van der Waals surface area contributed by atoms with Gasteiger partial charge in [-0.25, -0.2) is 14.8 Å².